The van der Waals surface area contributed by atoms with Crippen LogP contribution in [0, 0.1) is 0 Å². The van der Waals surface area contributed by atoms with Crippen LogP contribution in [0.1, 0.15) is 10.4 Å². The SMILES string of the molecule is COc1ccc(N)c(NC(=O)c2ccnnc2)c1. The molecule has 3 N–H and O–H groups in total. The zero-order valence-corrected chi connectivity index (χ0v) is 9.75. The monoisotopic (exact) mass is 244 g/mol. The van der Waals surface area contributed by atoms with Crippen LogP contribution in [0.25, 0.3) is 0 Å². The summed E-state index contributed by atoms with van der Waals surface area (Å²) in [6.45, 7) is 0. The molecule has 2 rings (SSSR count). The molecule has 0 radical (unpaired) electrons. The van der Waals surface area contributed by atoms with E-state index in [0.29, 0.717) is 22.7 Å². The third-order valence-corrected chi connectivity index (χ3v) is 2.36. The van der Waals surface area contributed by atoms with Crippen LogP contribution in [-0.2, 0) is 0 Å². The average Bonchev–Trinajstić information content (AvgIpc) is 2.42. The maximum absolute atomic E-state index is 11.9. The van der Waals surface area contributed by atoms with E-state index in [2.05, 4.69) is 15.5 Å². The van der Waals surface area contributed by atoms with Gasteiger partial charge in [0.15, 0.2) is 0 Å². The number of aromatic nitrogens is 2. The highest BCUT2D eigenvalue weighted by Gasteiger charge is 2.09. The molecule has 1 heterocycles. The first-order valence-electron chi connectivity index (χ1n) is 5.22. The van der Waals surface area contributed by atoms with Crippen LogP contribution in [0.3, 0.4) is 0 Å². The van der Waals surface area contributed by atoms with Crippen LogP contribution in [-0.4, -0.2) is 23.2 Å². The molecule has 0 spiro atoms. The van der Waals surface area contributed by atoms with Gasteiger partial charge in [-0.2, -0.15) is 10.2 Å². The number of nitrogens with zero attached hydrogens (tertiary/aromatic N) is 2. The number of hydrogen-bond donors (Lipinski definition) is 2. The molecule has 0 aliphatic rings. The molecule has 1 amide bonds. The smallest absolute Gasteiger partial charge is 0.257 e. The number of nitrogens with two attached hydrogens (primary N) is 1. The first-order valence-corrected chi connectivity index (χ1v) is 5.22. The molecule has 2 aromatic rings. The molecule has 92 valence electrons. The van der Waals surface area contributed by atoms with Crippen molar-refractivity contribution in [2.24, 2.45) is 0 Å². The number of anilines is 2. The molecule has 0 saturated heterocycles. The summed E-state index contributed by atoms with van der Waals surface area (Å²) in [5.41, 5.74) is 7.14. The first-order chi connectivity index (χ1) is 8.70. The number of amides is 1. The number of nitrogens with one attached hydrogen (secondary N) is 1. The van der Waals surface area contributed by atoms with E-state index in [0.717, 1.165) is 0 Å². The molecule has 6 nitrogen and oxygen atoms in total. The summed E-state index contributed by atoms with van der Waals surface area (Å²) in [5, 5.41) is 9.93. The summed E-state index contributed by atoms with van der Waals surface area (Å²) in [7, 11) is 1.55. The highest BCUT2D eigenvalue weighted by Crippen LogP contribution is 2.24. The molecule has 18 heavy (non-hydrogen) atoms. The van der Waals surface area contributed by atoms with Crippen LogP contribution < -0.4 is 15.8 Å². The van der Waals surface area contributed by atoms with E-state index in [-0.39, 0.29) is 5.91 Å². The lowest BCUT2D eigenvalue weighted by Crippen LogP contribution is -2.13. The molecule has 0 aliphatic heterocycles. The minimum Gasteiger partial charge on any atom is -0.497 e. The maximum Gasteiger partial charge on any atom is 0.257 e. The van der Waals surface area contributed by atoms with Gasteiger partial charge in [0.1, 0.15) is 5.75 Å². The van der Waals surface area contributed by atoms with Gasteiger partial charge in [-0.25, -0.2) is 0 Å². The van der Waals surface area contributed by atoms with Crippen LogP contribution in [0.5, 0.6) is 5.75 Å². The number of carbonyl (C=O) groups excluding carboxylic acids is 1. The number of carbonyl (C=O) groups is 1. The first kappa shape index (κ1) is 11.8. The Morgan fingerprint density at radius 3 is 2.83 bits per heavy atom. The van der Waals surface area contributed by atoms with Crippen LogP contribution in [0.15, 0.2) is 36.7 Å². The fourth-order valence-electron chi connectivity index (χ4n) is 1.39. The Morgan fingerprint density at radius 2 is 2.17 bits per heavy atom. The number of nitrogen functional groups attached to an aromatic ring is 1. The quantitative estimate of drug-likeness (QED) is 0.795. The molecular formula is C12H12N4O2. The van der Waals surface area contributed by atoms with Gasteiger partial charge in [-0.3, -0.25) is 4.79 Å². The molecule has 0 saturated carbocycles. The number of benzene rings is 1. The molecule has 0 unspecified atom stereocenters. The van der Waals surface area contributed by atoms with Gasteiger partial charge in [0.25, 0.3) is 5.91 Å². The summed E-state index contributed by atoms with van der Waals surface area (Å²) >= 11 is 0. The standard InChI is InChI=1S/C12H12N4O2/c1-18-9-2-3-10(13)11(6-9)16-12(17)8-4-5-14-15-7-8/h2-7H,13H2,1H3,(H,16,17). The Morgan fingerprint density at radius 1 is 1.33 bits per heavy atom. The maximum atomic E-state index is 11.9. The fraction of sp³-hybridized carbons (Fsp3) is 0.0833. The van der Waals surface area contributed by atoms with Gasteiger partial charge in [0.05, 0.1) is 36.4 Å². The Hall–Kier alpha value is -2.63. The van der Waals surface area contributed by atoms with Crippen molar-refractivity contribution in [3.05, 3.63) is 42.2 Å². The normalized spacial score (nSPS) is 9.83. The number of ether oxygens (including phenoxy) is 1. The second kappa shape index (κ2) is 5.13. The molecule has 0 aliphatic carbocycles. The minimum absolute atomic E-state index is 0.301. The van der Waals surface area contributed by atoms with Gasteiger partial charge in [0.2, 0.25) is 0 Å². The molecule has 1 aromatic carbocycles. The zero-order valence-electron chi connectivity index (χ0n) is 9.75. The lowest BCUT2D eigenvalue weighted by molar-refractivity contribution is 0.102. The van der Waals surface area contributed by atoms with Gasteiger partial charge in [0, 0.05) is 6.07 Å². The van der Waals surface area contributed by atoms with Crippen molar-refractivity contribution in [1.82, 2.24) is 10.2 Å². The van der Waals surface area contributed by atoms with Crippen molar-refractivity contribution in [3.63, 3.8) is 0 Å². The van der Waals surface area contributed by atoms with Gasteiger partial charge in [-0.05, 0) is 18.2 Å². The van der Waals surface area contributed by atoms with E-state index in [1.807, 2.05) is 0 Å². The summed E-state index contributed by atoms with van der Waals surface area (Å²) < 4.78 is 5.07. The van der Waals surface area contributed by atoms with E-state index in [9.17, 15) is 4.79 Å². The Kier molecular flexibility index (Phi) is 3.38. The van der Waals surface area contributed by atoms with Crippen LogP contribution in [0.4, 0.5) is 11.4 Å². The van der Waals surface area contributed by atoms with Crippen molar-refractivity contribution in [3.8, 4) is 5.75 Å². The van der Waals surface area contributed by atoms with Gasteiger partial charge in [-0.1, -0.05) is 0 Å². The van der Waals surface area contributed by atoms with Crippen molar-refractivity contribution in [1.29, 1.82) is 0 Å². The van der Waals surface area contributed by atoms with Crippen molar-refractivity contribution in [2.45, 2.75) is 0 Å². The fourth-order valence-corrected chi connectivity index (χ4v) is 1.39. The second-order valence-electron chi connectivity index (χ2n) is 3.54. The van der Waals surface area contributed by atoms with Crippen molar-refractivity contribution < 1.29 is 9.53 Å². The van der Waals surface area contributed by atoms with Gasteiger partial charge >= 0.3 is 0 Å². The Bertz CT molecular complexity index is 557. The lowest BCUT2D eigenvalue weighted by atomic mass is 10.2. The largest absolute Gasteiger partial charge is 0.497 e. The van der Waals surface area contributed by atoms with Gasteiger partial charge in [-0.15, -0.1) is 0 Å². The van der Waals surface area contributed by atoms with Crippen LogP contribution in [0.2, 0.25) is 0 Å². The molecule has 0 fully saturated rings. The lowest BCUT2D eigenvalue weighted by Gasteiger charge is -2.09. The number of hydrogen-bond acceptors (Lipinski definition) is 5. The molecule has 6 heteroatoms. The zero-order chi connectivity index (χ0) is 13.0. The summed E-state index contributed by atoms with van der Waals surface area (Å²) in [4.78, 5) is 11.9. The van der Waals surface area contributed by atoms with E-state index < -0.39 is 0 Å². The molecular weight excluding hydrogens is 232 g/mol. The Balaban J connectivity index is 2.21. The Labute approximate surface area is 104 Å². The summed E-state index contributed by atoms with van der Waals surface area (Å²) in [6, 6.07) is 6.61. The van der Waals surface area contributed by atoms with E-state index in [1.165, 1.54) is 12.4 Å². The second-order valence-corrected chi connectivity index (χ2v) is 3.54. The predicted molar refractivity (Wildman–Crippen MR) is 67.4 cm³/mol. The van der Waals surface area contributed by atoms with E-state index in [4.69, 9.17) is 10.5 Å². The molecule has 1 aromatic heterocycles. The summed E-state index contributed by atoms with van der Waals surface area (Å²) in [5.74, 6) is 0.317. The topological polar surface area (TPSA) is 90.1 Å². The van der Waals surface area contributed by atoms with E-state index >= 15 is 0 Å². The predicted octanol–water partition coefficient (Wildman–Crippen LogP) is 1.32. The van der Waals surface area contributed by atoms with Crippen LogP contribution >= 0.6 is 0 Å². The number of methoxy groups -OCH3 is 1. The third-order valence-electron chi connectivity index (χ3n) is 2.36. The highest BCUT2D eigenvalue weighted by molar-refractivity contribution is 6.05. The average molecular weight is 244 g/mol. The minimum atomic E-state index is -0.301. The van der Waals surface area contributed by atoms with Gasteiger partial charge < -0.3 is 15.8 Å². The number of rotatable bonds is 3. The van der Waals surface area contributed by atoms with Crippen molar-refractivity contribution >= 4 is 17.3 Å². The van der Waals surface area contributed by atoms with Crippen molar-refractivity contribution in [2.75, 3.05) is 18.2 Å². The molecule has 0 atom stereocenters. The molecule has 0 bridgehead atoms. The summed E-state index contributed by atoms with van der Waals surface area (Å²) in [6.07, 6.45) is 2.83. The van der Waals surface area contributed by atoms with E-state index in [1.54, 1.807) is 31.4 Å². The highest BCUT2D eigenvalue weighted by atomic mass is 16.5. The third kappa shape index (κ3) is 2.54.